The molecule has 1 aliphatic heterocycles. The Labute approximate surface area is 117 Å². The van der Waals surface area contributed by atoms with Crippen molar-refractivity contribution in [2.45, 2.75) is 13.0 Å². The summed E-state index contributed by atoms with van der Waals surface area (Å²) < 4.78 is 2.35. The molecule has 2 heterocycles. The Kier molecular flexibility index (Phi) is 2.69. The van der Waals surface area contributed by atoms with E-state index in [2.05, 4.69) is 0 Å². The van der Waals surface area contributed by atoms with Crippen LogP contribution in [0, 0.1) is 0 Å². The van der Waals surface area contributed by atoms with E-state index in [1.807, 2.05) is 0 Å². The number of ketones is 1. The molecule has 0 spiro atoms. The molecule has 0 bridgehead atoms. The molecule has 0 saturated carbocycles. The van der Waals surface area contributed by atoms with Crippen LogP contribution in [0.1, 0.15) is 5.69 Å². The van der Waals surface area contributed by atoms with Crippen molar-refractivity contribution in [1.29, 1.82) is 0 Å². The van der Waals surface area contributed by atoms with E-state index in [4.69, 9.17) is 23.2 Å². The number of hydrogen-bond donors (Lipinski definition) is 1. The van der Waals surface area contributed by atoms with Crippen molar-refractivity contribution in [3.8, 4) is 11.6 Å². The van der Waals surface area contributed by atoms with E-state index >= 15 is 0 Å². The number of carbonyl (C=O) groups excluding carboxylic acids is 1. The second kappa shape index (κ2) is 4.15. The molecule has 0 fully saturated rings. The average molecular weight is 299 g/mol. The first-order valence-corrected chi connectivity index (χ1v) is 6.24. The first-order chi connectivity index (χ1) is 8.97. The highest BCUT2D eigenvalue weighted by Crippen LogP contribution is 2.27. The van der Waals surface area contributed by atoms with Gasteiger partial charge in [0.05, 0.1) is 24.3 Å². The van der Waals surface area contributed by atoms with Crippen molar-refractivity contribution in [2.75, 3.05) is 0 Å². The molecule has 0 aliphatic carbocycles. The first kappa shape index (κ1) is 12.3. The molecule has 1 N–H and O–H groups in total. The van der Waals surface area contributed by atoms with Crippen molar-refractivity contribution in [3.63, 3.8) is 0 Å². The summed E-state index contributed by atoms with van der Waals surface area (Å²) in [5.74, 6) is -0.340. The van der Waals surface area contributed by atoms with Crippen LogP contribution >= 0.6 is 23.2 Å². The van der Waals surface area contributed by atoms with Crippen LogP contribution in [0.5, 0.6) is 5.88 Å². The van der Waals surface area contributed by atoms with Crippen LogP contribution in [0.4, 0.5) is 0 Å². The summed E-state index contributed by atoms with van der Waals surface area (Å²) in [5, 5.41) is 10.8. The van der Waals surface area contributed by atoms with Crippen molar-refractivity contribution >= 4 is 29.0 Å². The Hall–Kier alpha value is -1.72. The van der Waals surface area contributed by atoms with Gasteiger partial charge in [-0.25, -0.2) is 9.36 Å². The highest BCUT2D eigenvalue weighted by molar-refractivity contribution is 6.34. The molecule has 1 aromatic heterocycles. The molecule has 7 heteroatoms. The molecule has 98 valence electrons. The van der Waals surface area contributed by atoms with Crippen LogP contribution in [0.3, 0.4) is 0 Å². The van der Waals surface area contributed by atoms with Gasteiger partial charge in [-0.1, -0.05) is 23.2 Å². The van der Waals surface area contributed by atoms with Crippen molar-refractivity contribution in [1.82, 2.24) is 9.13 Å². The number of rotatable bonds is 1. The minimum absolute atomic E-state index is 0.0109. The second-order valence-electron chi connectivity index (χ2n) is 4.32. The molecule has 0 unspecified atom stereocenters. The summed E-state index contributed by atoms with van der Waals surface area (Å²) in [7, 11) is 0. The number of carbonyl (C=O) groups is 1. The van der Waals surface area contributed by atoms with E-state index in [-0.39, 0.29) is 24.6 Å². The van der Waals surface area contributed by atoms with E-state index in [1.54, 1.807) is 0 Å². The highest BCUT2D eigenvalue weighted by Gasteiger charge is 2.28. The predicted molar refractivity (Wildman–Crippen MR) is 70.4 cm³/mol. The number of Topliss-reactive ketones (excluding diaryl/α,β-unsaturated/α-hetero) is 1. The largest absolute Gasteiger partial charge is 0.493 e. The van der Waals surface area contributed by atoms with E-state index in [1.165, 1.54) is 22.8 Å². The average Bonchev–Trinajstić information content (AvgIpc) is 2.78. The molecule has 3 rings (SSSR count). The van der Waals surface area contributed by atoms with Gasteiger partial charge >= 0.3 is 5.69 Å². The molecule has 2 aromatic rings. The third-order valence-corrected chi connectivity index (χ3v) is 3.46. The summed E-state index contributed by atoms with van der Waals surface area (Å²) in [6.45, 7) is -0.0109. The third kappa shape index (κ3) is 1.86. The number of aromatic hydroxyl groups is 1. The maximum absolute atomic E-state index is 12.2. The Morgan fingerprint density at radius 1 is 1.11 bits per heavy atom. The van der Waals surface area contributed by atoms with Gasteiger partial charge in [0.1, 0.15) is 0 Å². The van der Waals surface area contributed by atoms with Crippen LogP contribution in [0.15, 0.2) is 23.0 Å². The van der Waals surface area contributed by atoms with Crippen LogP contribution in [-0.4, -0.2) is 20.0 Å². The summed E-state index contributed by atoms with van der Waals surface area (Å²) >= 11 is 11.8. The number of benzene rings is 1. The Balaban J connectivity index is 2.25. The monoisotopic (exact) mass is 298 g/mol. The number of aromatic nitrogens is 2. The number of nitrogens with zero attached hydrogens (tertiary/aromatic N) is 2. The van der Waals surface area contributed by atoms with E-state index in [0.29, 0.717) is 21.4 Å². The lowest BCUT2D eigenvalue weighted by Gasteiger charge is -2.05. The van der Waals surface area contributed by atoms with Gasteiger partial charge in [-0.05, 0) is 18.2 Å². The van der Waals surface area contributed by atoms with Crippen LogP contribution in [0.2, 0.25) is 10.0 Å². The molecule has 0 radical (unpaired) electrons. The minimum atomic E-state index is -0.475. The topological polar surface area (TPSA) is 64.2 Å². The lowest BCUT2D eigenvalue weighted by atomic mass is 10.3. The van der Waals surface area contributed by atoms with Crippen LogP contribution < -0.4 is 5.69 Å². The Morgan fingerprint density at radius 3 is 2.32 bits per heavy atom. The highest BCUT2D eigenvalue weighted by atomic mass is 35.5. The molecular formula is C12H8Cl2N2O3. The van der Waals surface area contributed by atoms with Gasteiger partial charge in [-0.3, -0.25) is 9.36 Å². The quantitative estimate of drug-likeness (QED) is 0.873. The standard InChI is InChI=1S/C12H8Cl2N2O3/c13-6-1-7(14)3-8(2-6)16-11(18)10-4-9(17)5-15(10)12(16)19/h1-3,18H,4-5H2. The summed E-state index contributed by atoms with van der Waals surface area (Å²) in [6.07, 6.45) is 0.0579. The summed E-state index contributed by atoms with van der Waals surface area (Å²) in [6, 6.07) is 4.57. The van der Waals surface area contributed by atoms with Gasteiger partial charge in [0.2, 0.25) is 5.88 Å². The lowest BCUT2D eigenvalue weighted by molar-refractivity contribution is -0.117. The second-order valence-corrected chi connectivity index (χ2v) is 5.19. The van der Waals surface area contributed by atoms with E-state index in [9.17, 15) is 14.7 Å². The van der Waals surface area contributed by atoms with E-state index < -0.39 is 5.69 Å². The Morgan fingerprint density at radius 2 is 1.74 bits per heavy atom. The lowest BCUT2D eigenvalue weighted by Crippen LogP contribution is -2.23. The van der Waals surface area contributed by atoms with Crippen LogP contribution in [0.25, 0.3) is 5.69 Å². The smallest absolute Gasteiger partial charge is 0.336 e. The molecule has 5 nitrogen and oxygen atoms in total. The number of halogens is 2. The van der Waals surface area contributed by atoms with Crippen molar-refractivity contribution in [2.24, 2.45) is 0 Å². The number of fused-ring (bicyclic) bond motifs is 1. The molecule has 19 heavy (non-hydrogen) atoms. The molecule has 0 atom stereocenters. The maximum atomic E-state index is 12.2. The summed E-state index contributed by atoms with van der Waals surface area (Å²) in [5.41, 5.74) is 0.220. The molecular weight excluding hydrogens is 291 g/mol. The van der Waals surface area contributed by atoms with Gasteiger partial charge in [-0.15, -0.1) is 0 Å². The number of imidazole rings is 1. The van der Waals surface area contributed by atoms with Gasteiger partial charge in [0.15, 0.2) is 5.78 Å². The zero-order valence-corrected chi connectivity index (χ0v) is 11.1. The fraction of sp³-hybridized carbons (Fsp3) is 0.167. The third-order valence-electron chi connectivity index (χ3n) is 3.02. The molecule has 0 amide bonds. The SMILES string of the molecule is O=C1Cc2c(O)n(-c3cc(Cl)cc(Cl)c3)c(=O)n2C1. The zero-order chi connectivity index (χ0) is 13.7. The van der Waals surface area contributed by atoms with E-state index in [0.717, 1.165) is 4.57 Å². The molecule has 1 aromatic carbocycles. The number of hydrogen-bond acceptors (Lipinski definition) is 3. The molecule has 1 aliphatic rings. The van der Waals surface area contributed by atoms with Crippen LogP contribution in [-0.2, 0) is 17.8 Å². The predicted octanol–water partition coefficient (Wildman–Crippen LogP) is 1.78. The first-order valence-electron chi connectivity index (χ1n) is 5.49. The van der Waals surface area contributed by atoms with Crippen molar-refractivity contribution in [3.05, 3.63) is 44.4 Å². The normalized spacial score (nSPS) is 13.9. The maximum Gasteiger partial charge on any atom is 0.336 e. The summed E-state index contributed by atoms with van der Waals surface area (Å²) in [4.78, 5) is 23.5. The zero-order valence-electron chi connectivity index (χ0n) is 9.56. The van der Waals surface area contributed by atoms with Gasteiger partial charge in [0, 0.05) is 10.0 Å². The molecule has 0 saturated heterocycles. The fourth-order valence-electron chi connectivity index (χ4n) is 2.23. The van der Waals surface area contributed by atoms with Gasteiger partial charge < -0.3 is 5.11 Å². The fourth-order valence-corrected chi connectivity index (χ4v) is 2.75. The van der Waals surface area contributed by atoms with Gasteiger partial charge in [-0.2, -0.15) is 0 Å². The van der Waals surface area contributed by atoms with Crippen molar-refractivity contribution < 1.29 is 9.90 Å². The minimum Gasteiger partial charge on any atom is -0.493 e. The Bertz CT molecular complexity index is 741. The van der Waals surface area contributed by atoms with Gasteiger partial charge in [0.25, 0.3) is 0 Å².